The standard InChI is InChI=1S/C15H22N2O2S.C2H6/c1-20-14-6-12-19-15(18)4-2-3-13(14)5-9-17-10-7-16-8-11-17;1-2/h2-4,6,16H,5,7-12H2,1H3;1-2H3/b4-2+,13-3-,14-6-;. The Morgan fingerprint density at radius 2 is 2.05 bits per heavy atom. The van der Waals surface area contributed by atoms with Gasteiger partial charge in [-0.15, -0.1) is 11.8 Å². The van der Waals surface area contributed by atoms with Gasteiger partial charge in [0, 0.05) is 43.7 Å². The van der Waals surface area contributed by atoms with Gasteiger partial charge in [0.05, 0.1) is 0 Å². The molecule has 22 heavy (non-hydrogen) atoms. The molecule has 1 saturated heterocycles. The largest absolute Gasteiger partial charge is 0.458 e. The van der Waals surface area contributed by atoms with Crippen molar-refractivity contribution in [1.82, 2.24) is 10.2 Å². The predicted molar refractivity (Wildman–Crippen MR) is 95.1 cm³/mol. The van der Waals surface area contributed by atoms with E-state index in [2.05, 4.69) is 16.5 Å². The fourth-order valence-electron chi connectivity index (χ4n) is 2.34. The van der Waals surface area contributed by atoms with Gasteiger partial charge < -0.3 is 15.0 Å². The van der Waals surface area contributed by atoms with Crippen molar-refractivity contribution in [3.8, 4) is 0 Å². The molecule has 4 nitrogen and oxygen atoms in total. The number of ether oxygens (including phenoxy) is 1. The van der Waals surface area contributed by atoms with E-state index in [0.717, 1.165) is 39.1 Å². The van der Waals surface area contributed by atoms with Crippen molar-refractivity contribution in [2.45, 2.75) is 20.3 Å². The summed E-state index contributed by atoms with van der Waals surface area (Å²) in [6.45, 7) is 9.80. The van der Waals surface area contributed by atoms with Gasteiger partial charge >= 0.3 is 5.97 Å². The minimum absolute atomic E-state index is 0.277. The van der Waals surface area contributed by atoms with E-state index in [-0.39, 0.29) is 5.97 Å². The zero-order chi connectivity index (χ0) is 16.2. The second-order valence-electron chi connectivity index (χ2n) is 4.80. The van der Waals surface area contributed by atoms with Gasteiger partial charge in [0.25, 0.3) is 0 Å². The predicted octanol–water partition coefficient (Wildman–Crippen LogP) is 2.59. The molecule has 5 heteroatoms. The van der Waals surface area contributed by atoms with Crippen molar-refractivity contribution in [1.29, 1.82) is 0 Å². The zero-order valence-electron chi connectivity index (χ0n) is 13.9. The van der Waals surface area contributed by atoms with Crippen LogP contribution in [0.15, 0.2) is 34.8 Å². The first-order chi connectivity index (χ1) is 10.8. The number of nitrogens with one attached hydrogen (secondary N) is 1. The van der Waals surface area contributed by atoms with Crippen LogP contribution < -0.4 is 5.32 Å². The zero-order valence-corrected chi connectivity index (χ0v) is 14.7. The number of esters is 1. The third-order valence-electron chi connectivity index (χ3n) is 3.47. The van der Waals surface area contributed by atoms with E-state index in [4.69, 9.17) is 4.74 Å². The SMILES string of the molecule is CC.CSC1=C\COC(=O)/C=C/C=C\1CCN1CCNCC1. The third kappa shape index (κ3) is 6.81. The lowest BCUT2D eigenvalue weighted by Gasteiger charge is -2.27. The summed E-state index contributed by atoms with van der Waals surface area (Å²) in [7, 11) is 0. The Balaban J connectivity index is 0.00000116. The highest BCUT2D eigenvalue weighted by Crippen LogP contribution is 2.25. The molecule has 2 aliphatic rings. The molecular weight excluding hydrogens is 296 g/mol. The van der Waals surface area contributed by atoms with Crippen LogP contribution in [0.1, 0.15) is 20.3 Å². The Kier molecular flexibility index (Phi) is 9.95. The summed E-state index contributed by atoms with van der Waals surface area (Å²) in [4.78, 5) is 15.0. The van der Waals surface area contributed by atoms with Crippen molar-refractivity contribution in [2.75, 3.05) is 45.6 Å². The van der Waals surface area contributed by atoms with Gasteiger partial charge in [0.1, 0.15) is 6.61 Å². The van der Waals surface area contributed by atoms with Crippen LogP contribution in [0.3, 0.4) is 0 Å². The van der Waals surface area contributed by atoms with Crippen LogP contribution in [0.2, 0.25) is 0 Å². The normalized spacial score (nSPS) is 25.9. The molecule has 2 heterocycles. The molecule has 2 rings (SSSR count). The van der Waals surface area contributed by atoms with Gasteiger partial charge in [0.15, 0.2) is 0 Å². The maximum absolute atomic E-state index is 11.3. The van der Waals surface area contributed by atoms with E-state index >= 15 is 0 Å². The van der Waals surface area contributed by atoms with Crippen LogP contribution in [0.5, 0.6) is 0 Å². The average molecular weight is 324 g/mol. The average Bonchev–Trinajstić information content (AvgIpc) is 2.66. The highest BCUT2D eigenvalue weighted by Gasteiger charge is 2.12. The molecule has 0 aliphatic carbocycles. The molecule has 0 aromatic carbocycles. The number of carbonyl (C=O) groups excluding carboxylic acids is 1. The van der Waals surface area contributed by atoms with E-state index in [1.54, 1.807) is 17.8 Å². The fraction of sp³-hybridized carbons (Fsp3) is 0.588. The molecule has 0 unspecified atom stereocenters. The lowest BCUT2D eigenvalue weighted by atomic mass is 10.1. The summed E-state index contributed by atoms with van der Waals surface area (Å²) in [5, 5.41) is 3.37. The number of piperazine rings is 1. The van der Waals surface area contributed by atoms with Crippen LogP contribution in [0.25, 0.3) is 0 Å². The molecule has 0 amide bonds. The molecule has 0 radical (unpaired) electrons. The first-order valence-electron chi connectivity index (χ1n) is 8.01. The van der Waals surface area contributed by atoms with Crippen molar-refractivity contribution >= 4 is 17.7 Å². The second kappa shape index (κ2) is 11.5. The smallest absolute Gasteiger partial charge is 0.331 e. The molecule has 0 atom stereocenters. The quantitative estimate of drug-likeness (QED) is 0.805. The number of thioether (sulfide) groups is 1. The van der Waals surface area contributed by atoms with E-state index < -0.39 is 0 Å². The van der Waals surface area contributed by atoms with E-state index in [1.807, 2.05) is 26.0 Å². The van der Waals surface area contributed by atoms with Crippen LogP contribution in [-0.2, 0) is 9.53 Å². The summed E-state index contributed by atoms with van der Waals surface area (Å²) in [5.41, 5.74) is 1.28. The molecule has 1 fully saturated rings. The van der Waals surface area contributed by atoms with E-state index in [9.17, 15) is 4.79 Å². The Bertz CT molecular complexity index is 424. The summed E-state index contributed by atoms with van der Waals surface area (Å²) in [6.07, 6.45) is 10.4. The molecule has 1 N–H and O–H groups in total. The number of hydrogen-bond acceptors (Lipinski definition) is 5. The summed E-state index contributed by atoms with van der Waals surface area (Å²) < 4.78 is 5.07. The fourth-order valence-corrected chi connectivity index (χ4v) is 3.00. The lowest BCUT2D eigenvalue weighted by Crippen LogP contribution is -2.43. The molecular formula is C17H28N2O2S. The highest BCUT2D eigenvalue weighted by molar-refractivity contribution is 8.02. The number of allylic oxidation sites excluding steroid dienone is 3. The monoisotopic (exact) mass is 324 g/mol. The molecule has 2 aliphatic heterocycles. The Morgan fingerprint density at radius 3 is 2.73 bits per heavy atom. The first kappa shape index (κ1) is 19.0. The van der Waals surface area contributed by atoms with Crippen LogP contribution >= 0.6 is 11.8 Å². The third-order valence-corrected chi connectivity index (χ3v) is 4.34. The summed E-state index contributed by atoms with van der Waals surface area (Å²) >= 11 is 1.71. The Morgan fingerprint density at radius 1 is 1.32 bits per heavy atom. The van der Waals surface area contributed by atoms with E-state index in [1.165, 1.54) is 16.6 Å². The van der Waals surface area contributed by atoms with Crippen LogP contribution in [0.4, 0.5) is 0 Å². The molecule has 0 aromatic rings. The number of carbonyl (C=O) groups is 1. The van der Waals surface area contributed by atoms with Gasteiger partial charge in [-0.25, -0.2) is 4.79 Å². The van der Waals surface area contributed by atoms with E-state index in [0.29, 0.717) is 6.61 Å². The Hall–Kier alpha value is -1.04. The van der Waals surface area contributed by atoms with Crippen molar-refractivity contribution in [3.63, 3.8) is 0 Å². The minimum atomic E-state index is -0.277. The molecule has 0 spiro atoms. The second-order valence-corrected chi connectivity index (χ2v) is 5.64. The molecule has 124 valence electrons. The van der Waals surface area contributed by atoms with Gasteiger partial charge in [-0.2, -0.15) is 0 Å². The molecule has 0 aromatic heterocycles. The van der Waals surface area contributed by atoms with Gasteiger partial charge in [-0.1, -0.05) is 26.0 Å². The summed E-state index contributed by atoms with van der Waals surface area (Å²) in [5.74, 6) is -0.277. The maximum Gasteiger partial charge on any atom is 0.331 e. The maximum atomic E-state index is 11.3. The van der Waals surface area contributed by atoms with Gasteiger partial charge in [-0.05, 0) is 24.3 Å². The number of hydrogen-bond donors (Lipinski definition) is 1. The van der Waals surface area contributed by atoms with Gasteiger partial charge in [0.2, 0.25) is 0 Å². The van der Waals surface area contributed by atoms with Gasteiger partial charge in [-0.3, -0.25) is 0 Å². The lowest BCUT2D eigenvalue weighted by molar-refractivity contribution is -0.136. The number of nitrogens with zero attached hydrogens (tertiary/aromatic N) is 1. The summed E-state index contributed by atoms with van der Waals surface area (Å²) in [6, 6.07) is 0. The van der Waals surface area contributed by atoms with Crippen molar-refractivity contribution in [3.05, 3.63) is 34.8 Å². The highest BCUT2D eigenvalue weighted by atomic mass is 32.2. The first-order valence-corrected chi connectivity index (χ1v) is 9.23. The Labute approximate surface area is 138 Å². The van der Waals surface area contributed by atoms with Crippen molar-refractivity contribution in [2.24, 2.45) is 0 Å². The van der Waals surface area contributed by atoms with Crippen molar-refractivity contribution < 1.29 is 9.53 Å². The van der Waals surface area contributed by atoms with Crippen LogP contribution in [-0.4, -0.2) is 56.5 Å². The number of cyclic esters (lactones) is 1. The van der Waals surface area contributed by atoms with Crippen LogP contribution in [0, 0.1) is 0 Å². The number of rotatable bonds is 4. The molecule has 0 saturated carbocycles. The minimum Gasteiger partial charge on any atom is -0.458 e. The molecule has 0 bridgehead atoms. The topological polar surface area (TPSA) is 41.6 Å².